The van der Waals surface area contributed by atoms with Crippen LogP contribution < -0.4 is 11.1 Å². The van der Waals surface area contributed by atoms with Crippen LogP contribution in [0, 0.1) is 5.92 Å². The number of nitrogens with one attached hydrogen (secondary N) is 1. The molecule has 0 bridgehead atoms. The van der Waals surface area contributed by atoms with Crippen LogP contribution in [-0.2, 0) is 0 Å². The number of pyridine rings is 1. The molecule has 3 N–H and O–H groups in total. The molecule has 1 aromatic rings. The third-order valence-corrected chi connectivity index (χ3v) is 3.38. The van der Waals surface area contributed by atoms with Crippen molar-refractivity contribution < 1.29 is 4.79 Å². The monoisotopic (exact) mass is 253 g/mol. The molecule has 0 aliphatic heterocycles. The molecule has 5 heteroatoms. The minimum atomic E-state index is -0.161. The Labute approximate surface area is 106 Å². The number of hydrogen-bond donors (Lipinski definition) is 2. The average Bonchev–Trinajstić information content (AvgIpc) is 2.67. The maximum absolute atomic E-state index is 12.0. The molecular weight excluding hydrogens is 238 g/mol. The van der Waals surface area contributed by atoms with Crippen LogP contribution in [0.4, 0.5) is 5.69 Å². The molecule has 92 valence electrons. The van der Waals surface area contributed by atoms with Crippen molar-refractivity contribution in [2.75, 3.05) is 5.73 Å². The average molecular weight is 254 g/mol. The number of nitrogens with zero attached hydrogens (tertiary/aromatic N) is 1. The Kier molecular flexibility index (Phi) is 3.52. The SMILES string of the molecule is CC1CCC(NC(=O)c2cc(Cl)ncc2N)C1. The van der Waals surface area contributed by atoms with E-state index in [2.05, 4.69) is 17.2 Å². The minimum absolute atomic E-state index is 0.161. The number of aromatic nitrogens is 1. The molecule has 2 atom stereocenters. The lowest BCUT2D eigenvalue weighted by Gasteiger charge is -2.13. The predicted octanol–water partition coefficient (Wildman–Crippen LogP) is 2.24. The summed E-state index contributed by atoms with van der Waals surface area (Å²) >= 11 is 5.75. The molecule has 0 radical (unpaired) electrons. The summed E-state index contributed by atoms with van der Waals surface area (Å²) in [5, 5.41) is 3.27. The smallest absolute Gasteiger partial charge is 0.253 e. The van der Waals surface area contributed by atoms with Crippen molar-refractivity contribution in [3.63, 3.8) is 0 Å². The van der Waals surface area contributed by atoms with E-state index < -0.39 is 0 Å². The Morgan fingerprint density at radius 1 is 1.59 bits per heavy atom. The third kappa shape index (κ3) is 2.88. The number of carbonyl (C=O) groups is 1. The molecule has 0 saturated heterocycles. The number of carbonyl (C=O) groups excluding carboxylic acids is 1. The van der Waals surface area contributed by atoms with E-state index in [0.717, 1.165) is 19.3 Å². The molecule has 1 fully saturated rings. The highest BCUT2D eigenvalue weighted by Gasteiger charge is 2.23. The van der Waals surface area contributed by atoms with E-state index in [1.807, 2.05) is 0 Å². The van der Waals surface area contributed by atoms with Crippen molar-refractivity contribution in [3.05, 3.63) is 23.0 Å². The molecular formula is C12H16ClN3O. The van der Waals surface area contributed by atoms with Gasteiger partial charge in [0.1, 0.15) is 5.15 Å². The van der Waals surface area contributed by atoms with Gasteiger partial charge < -0.3 is 11.1 Å². The molecule has 0 spiro atoms. The first-order valence-electron chi connectivity index (χ1n) is 5.78. The Balaban J connectivity index is 2.06. The summed E-state index contributed by atoms with van der Waals surface area (Å²) in [6.45, 7) is 2.20. The number of nitrogen functional groups attached to an aromatic ring is 1. The van der Waals surface area contributed by atoms with Crippen LogP contribution in [0.2, 0.25) is 5.15 Å². The Morgan fingerprint density at radius 3 is 3.00 bits per heavy atom. The molecule has 0 aromatic carbocycles. The van der Waals surface area contributed by atoms with Gasteiger partial charge in [-0.25, -0.2) is 4.98 Å². The molecule has 2 rings (SSSR count). The normalized spacial score (nSPS) is 23.6. The number of hydrogen-bond acceptors (Lipinski definition) is 3. The van der Waals surface area contributed by atoms with Gasteiger partial charge in [0.15, 0.2) is 0 Å². The van der Waals surface area contributed by atoms with Crippen molar-refractivity contribution in [1.29, 1.82) is 0 Å². The molecule has 1 aromatic heterocycles. The topological polar surface area (TPSA) is 68.0 Å². The highest BCUT2D eigenvalue weighted by Crippen LogP contribution is 2.25. The van der Waals surface area contributed by atoms with Gasteiger partial charge in [-0.3, -0.25) is 4.79 Å². The first-order valence-corrected chi connectivity index (χ1v) is 6.16. The molecule has 1 heterocycles. The molecule has 1 aliphatic rings. The lowest BCUT2D eigenvalue weighted by Crippen LogP contribution is -2.33. The standard InChI is InChI=1S/C12H16ClN3O/c1-7-2-3-8(4-7)16-12(17)9-5-11(13)15-6-10(9)14/h5-8H,2-4,14H2,1H3,(H,16,17). The lowest BCUT2D eigenvalue weighted by molar-refractivity contribution is 0.0938. The van der Waals surface area contributed by atoms with Gasteiger partial charge >= 0.3 is 0 Å². The second-order valence-corrected chi connectivity index (χ2v) is 5.07. The first kappa shape index (κ1) is 12.2. The van der Waals surface area contributed by atoms with Gasteiger partial charge in [0.05, 0.1) is 17.4 Å². The summed E-state index contributed by atoms with van der Waals surface area (Å²) in [5.41, 5.74) is 6.48. The molecule has 1 aliphatic carbocycles. The minimum Gasteiger partial charge on any atom is -0.397 e. The summed E-state index contributed by atoms with van der Waals surface area (Å²) in [6, 6.07) is 1.76. The zero-order valence-electron chi connectivity index (χ0n) is 9.74. The number of nitrogens with two attached hydrogens (primary N) is 1. The number of anilines is 1. The highest BCUT2D eigenvalue weighted by atomic mass is 35.5. The molecule has 4 nitrogen and oxygen atoms in total. The second-order valence-electron chi connectivity index (χ2n) is 4.68. The van der Waals surface area contributed by atoms with Crippen LogP contribution in [-0.4, -0.2) is 16.9 Å². The highest BCUT2D eigenvalue weighted by molar-refractivity contribution is 6.29. The van der Waals surface area contributed by atoms with E-state index in [-0.39, 0.29) is 17.1 Å². The largest absolute Gasteiger partial charge is 0.397 e. The first-order chi connectivity index (χ1) is 8.06. The summed E-state index contributed by atoms with van der Waals surface area (Å²) in [7, 11) is 0. The molecule has 2 unspecified atom stereocenters. The number of rotatable bonds is 2. The zero-order chi connectivity index (χ0) is 12.4. The van der Waals surface area contributed by atoms with Crippen molar-refractivity contribution in [1.82, 2.24) is 10.3 Å². The number of amides is 1. The van der Waals surface area contributed by atoms with E-state index in [4.69, 9.17) is 17.3 Å². The molecule has 1 amide bonds. The second kappa shape index (κ2) is 4.92. The van der Waals surface area contributed by atoms with Crippen molar-refractivity contribution in [2.45, 2.75) is 32.2 Å². The van der Waals surface area contributed by atoms with Crippen LogP contribution in [0.15, 0.2) is 12.3 Å². The van der Waals surface area contributed by atoms with Crippen LogP contribution in [0.5, 0.6) is 0 Å². The number of halogens is 1. The summed E-state index contributed by atoms with van der Waals surface area (Å²) in [5.74, 6) is 0.518. The van der Waals surface area contributed by atoms with E-state index in [9.17, 15) is 4.79 Å². The van der Waals surface area contributed by atoms with Crippen molar-refractivity contribution in [2.24, 2.45) is 5.92 Å². The molecule has 17 heavy (non-hydrogen) atoms. The predicted molar refractivity (Wildman–Crippen MR) is 67.9 cm³/mol. The van der Waals surface area contributed by atoms with E-state index >= 15 is 0 Å². The van der Waals surface area contributed by atoms with Gasteiger partial charge in [-0.15, -0.1) is 0 Å². The van der Waals surface area contributed by atoms with Crippen LogP contribution in [0.25, 0.3) is 0 Å². The maximum Gasteiger partial charge on any atom is 0.253 e. The van der Waals surface area contributed by atoms with E-state index in [1.54, 1.807) is 0 Å². The van der Waals surface area contributed by atoms with Crippen LogP contribution in [0.3, 0.4) is 0 Å². The Morgan fingerprint density at radius 2 is 2.35 bits per heavy atom. The van der Waals surface area contributed by atoms with Crippen LogP contribution in [0.1, 0.15) is 36.5 Å². The lowest BCUT2D eigenvalue weighted by atomic mass is 10.1. The van der Waals surface area contributed by atoms with E-state index in [1.165, 1.54) is 12.3 Å². The fourth-order valence-corrected chi connectivity index (χ4v) is 2.40. The van der Waals surface area contributed by atoms with Gasteiger partial charge in [-0.1, -0.05) is 18.5 Å². The summed E-state index contributed by atoms with van der Waals surface area (Å²) in [4.78, 5) is 15.8. The maximum atomic E-state index is 12.0. The van der Waals surface area contributed by atoms with Gasteiger partial charge in [-0.05, 0) is 31.2 Å². The van der Waals surface area contributed by atoms with Crippen molar-refractivity contribution in [3.8, 4) is 0 Å². The van der Waals surface area contributed by atoms with Crippen molar-refractivity contribution >= 4 is 23.2 Å². The molecule has 1 saturated carbocycles. The van der Waals surface area contributed by atoms with Crippen LogP contribution >= 0.6 is 11.6 Å². The van der Waals surface area contributed by atoms with Gasteiger partial charge in [0.2, 0.25) is 0 Å². The Bertz CT molecular complexity index is 436. The zero-order valence-corrected chi connectivity index (χ0v) is 10.5. The van der Waals surface area contributed by atoms with Gasteiger partial charge in [0, 0.05) is 6.04 Å². The Hall–Kier alpha value is -1.29. The van der Waals surface area contributed by atoms with Gasteiger partial charge in [0.25, 0.3) is 5.91 Å². The third-order valence-electron chi connectivity index (χ3n) is 3.18. The summed E-state index contributed by atoms with van der Waals surface area (Å²) < 4.78 is 0. The fraction of sp³-hybridized carbons (Fsp3) is 0.500. The van der Waals surface area contributed by atoms with Gasteiger partial charge in [-0.2, -0.15) is 0 Å². The summed E-state index contributed by atoms with van der Waals surface area (Å²) in [6.07, 6.45) is 4.64. The van der Waals surface area contributed by atoms with E-state index in [0.29, 0.717) is 17.2 Å². The quantitative estimate of drug-likeness (QED) is 0.795. The fourth-order valence-electron chi connectivity index (χ4n) is 2.24.